The molecule has 1 aromatic carbocycles. The van der Waals surface area contributed by atoms with Crippen LogP contribution in [0.1, 0.15) is 52.5 Å². The van der Waals surface area contributed by atoms with E-state index in [2.05, 4.69) is 10.3 Å². The zero-order valence-electron chi connectivity index (χ0n) is 20.3. The van der Waals surface area contributed by atoms with E-state index in [4.69, 9.17) is 9.47 Å². The fourth-order valence-corrected chi connectivity index (χ4v) is 4.08. The fraction of sp³-hybridized carbons (Fsp3) is 0.500. The van der Waals surface area contributed by atoms with Gasteiger partial charge in [-0.25, -0.2) is 4.79 Å². The van der Waals surface area contributed by atoms with Crippen molar-refractivity contribution in [3.05, 3.63) is 51.2 Å². The van der Waals surface area contributed by atoms with Crippen molar-refractivity contribution in [1.29, 1.82) is 0 Å². The number of nitro benzene ring substituents is 1. The number of ether oxygens (including phenoxy) is 2. The van der Waals surface area contributed by atoms with E-state index in [0.717, 1.165) is 0 Å². The first-order valence-electron chi connectivity index (χ1n) is 11.1. The van der Waals surface area contributed by atoms with E-state index < -0.39 is 40.6 Å². The van der Waals surface area contributed by atoms with Crippen LogP contribution in [0, 0.1) is 22.0 Å². The molecule has 10 nitrogen and oxygen atoms in total. The number of aliphatic imine (C=N–C) groups is 1. The van der Waals surface area contributed by atoms with Crippen molar-refractivity contribution in [2.24, 2.45) is 16.8 Å². The van der Waals surface area contributed by atoms with Crippen molar-refractivity contribution in [3.8, 4) is 0 Å². The Hall–Kier alpha value is -3.56. The quantitative estimate of drug-likeness (QED) is 0.330. The Kier molecular flexibility index (Phi) is 9.05. The lowest BCUT2D eigenvalue weighted by atomic mass is 9.75. The number of nitrogens with zero attached hydrogens (tertiary/aromatic N) is 2. The summed E-state index contributed by atoms with van der Waals surface area (Å²) in [7, 11) is 1.23. The highest BCUT2D eigenvalue weighted by Gasteiger charge is 2.43. The first-order valence-corrected chi connectivity index (χ1v) is 11.1. The Labute approximate surface area is 198 Å². The molecule has 0 radical (unpaired) electrons. The first kappa shape index (κ1) is 26.7. The van der Waals surface area contributed by atoms with E-state index in [1.807, 2.05) is 13.8 Å². The van der Waals surface area contributed by atoms with Gasteiger partial charge in [0, 0.05) is 35.0 Å². The van der Waals surface area contributed by atoms with Gasteiger partial charge in [-0.3, -0.25) is 24.7 Å². The van der Waals surface area contributed by atoms with Crippen LogP contribution in [-0.2, 0) is 23.9 Å². The molecule has 34 heavy (non-hydrogen) atoms. The van der Waals surface area contributed by atoms with Crippen molar-refractivity contribution in [2.75, 3.05) is 13.7 Å². The Morgan fingerprint density at radius 3 is 2.47 bits per heavy atom. The van der Waals surface area contributed by atoms with Gasteiger partial charge >= 0.3 is 11.9 Å². The number of non-ortho nitro benzene ring substituents is 1. The standard InChI is InChI=1S/C24H31N3O7/c1-7-13(3)21(24(30)34-8-2)26-22(28)18-14(4)25-15(5)19(23(29)33-6)20(18)16-10-9-11-17(12-16)27(31)32/h9-13,19-21H,7-8H2,1-6H3,(H,26,28). The highest BCUT2D eigenvalue weighted by Crippen LogP contribution is 2.40. The summed E-state index contributed by atoms with van der Waals surface area (Å²) in [6.45, 7) is 8.82. The minimum Gasteiger partial charge on any atom is -0.468 e. The number of esters is 2. The van der Waals surface area contributed by atoms with Crippen molar-refractivity contribution >= 4 is 29.2 Å². The summed E-state index contributed by atoms with van der Waals surface area (Å²) in [5.74, 6) is -3.87. The van der Waals surface area contributed by atoms with Gasteiger partial charge in [0.15, 0.2) is 0 Å². The highest BCUT2D eigenvalue weighted by molar-refractivity contribution is 6.08. The van der Waals surface area contributed by atoms with Crippen LogP contribution in [-0.4, -0.2) is 48.2 Å². The average Bonchev–Trinajstić information content (AvgIpc) is 2.81. The monoisotopic (exact) mass is 473 g/mol. The molecule has 0 spiro atoms. The summed E-state index contributed by atoms with van der Waals surface area (Å²) in [4.78, 5) is 54.1. The van der Waals surface area contributed by atoms with Crippen LogP contribution in [0.3, 0.4) is 0 Å². The number of nitro groups is 1. The summed E-state index contributed by atoms with van der Waals surface area (Å²) in [5, 5.41) is 14.1. The molecule has 0 saturated heterocycles. The van der Waals surface area contributed by atoms with Gasteiger partial charge in [-0.1, -0.05) is 32.4 Å². The van der Waals surface area contributed by atoms with Crippen LogP contribution in [0.4, 0.5) is 5.69 Å². The molecule has 0 bridgehead atoms. The minimum atomic E-state index is -0.971. The Balaban J connectivity index is 2.63. The van der Waals surface area contributed by atoms with Gasteiger partial charge in [-0.15, -0.1) is 0 Å². The van der Waals surface area contributed by atoms with E-state index in [1.54, 1.807) is 26.8 Å². The number of allylic oxidation sites excluding steroid dienone is 1. The maximum Gasteiger partial charge on any atom is 0.328 e. The van der Waals surface area contributed by atoms with Gasteiger partial charge in [0.2, 0.25) is 5.91 Å². The molecule has 1 N–H and O–H groups in total. The lowest BCUT2D eigenvalue weighted by molar-refractivity contribution is -0.384. The number of rotatable bonds is 9. The van der Waals surface area contributed by atoms with E-state index in [-0.39, 0.29) is 23.8 Å². The maximum atomic E-state index is 13.6. The molecule has 0 saturated carbocycles. The zero-order valence-corrected chi connectivity index (χ0v) is 20.3. The van der Waals surface area contributed by atoms with E-state index in [9.17, 15) is 24.5 Å². The van der Waals surface area contributed by atoms with Crippen LogP contribution < -0.4 is 5.32 Å². The molecule has 4 atom stereocenters. The molecule has 4 unspecified atom stereocenters. The van der Waals surface area contributed by atoms with Crippen molar-refractivity contribution in [1.82, 2.24) is 5.32 Å². The lowest BCUT2D eigenvalue weighted by Gasteiger charge is -2.32. The molecule has 10 heteroatoms. The second-order valence-corrected chi connectivity index (χ2v) is 8.17. The largest absolute Gasteiger partial charge is 0.468 e. The molecule has 1 aliphatic heterocycles. The molecule has 0 aliphatic carbocycles. The smallest absolute Gasteiger partial charge is 0.328 e. The lowest BCUT2D eigenvalue weighted by Crippen LogP contribution is -2.48. The van der Waals surface area contributed by atoms with Crippen LogP contribution in [0.25, 0.3) is 0 Å². The Morgan fingerprint density at radius 1 is 1.24 bits per heavy atom. The average molecular weight is 474 g/mol. The van der Waals surface area contributed by atoms with E-state index >= 15 is 0 Å². The van der Waals surface area contributed by atoms with Gasteiger partial charge < -0.3 is 14.8 Å². The predicted molar refractivity (Wildman–Crippen MR) is 125 cm³/mol. The Morgan fingerprint density at radius 2 is 1.91 bits per heavy atom. The molecular formula is C24H31N3O7. The molecule has 0 fully saturated rings. The summed E-state index contributed by atoms with van der Waals surface area (Å²) in [6.07, 6.45) is 0.609. The molecule has 1 aliphatic rings. The normalized spacial score (nSPS) is 19.5. The van der Waals surface area contributed by atoms with Crippen LogP contribution in [0.5, 0.6) is 0 Å². The van der Waals surface area contributed by atoms with Crippen molar-refractivity contribution < 1.29 is 28.8 Å². The third kappa shape index (κ3) is 5.67. The van der Waals surface area contributed by atoms with Gasteiger partial charge in [-0.2, -0.15) is 0 Å². The minimum absolute atomic E-state index is 0.138. The number of amides is 1. The van der Waals surface area contributed by atoms with Crippen molar-refractivity contribution in [2.45, 2.75) is 53.0 Å². The van der Waals surface area contributed by atoms with Gasteiger partial charge in [0.05, 0.1) is 18.6 Å². The van der Waals surface area contributed by atoms with Crippen LogP contribution >= 0.6 is 0 Å². The van der Waals surface area contributed by atoms with E-state index in [1.165, 1.54) is 25.3 Å². The number of hydrogen-bond acceptors (Lipinski definition) is 8. The maximum absolute atomic E-state index is 13.6. The number of carbonyl (C=O) groups is 3. The van der Waals surface area contributed by atoms with Crippen LogP contribution in [0.2, 0.25) is 0 Å². The number of hydrogen-bond donors (Lipinski definition) is 1. The molecule has 1 amide bonds. The third-order valence-corrected chi connectivity index (χ3v) is 6.01. The number of carbonyl (C=O) groups excluding carboxylic acids is 3. The molecule has 184 valence electrons. The summed E-state index contributed by atoms with van der Waals surface area (Å²) in [6, 6.07) is 4.86. The zero-order chi connectivity index (χ0) is 25.6. The van der Waals surface area contributed by atoms with E-state index in [0.29, 0.717) is 23.4 Å². The van der Waals surface area contributed by atoms with Gasteiger partial charge in [0.1, 0.15) is 12.0 Å². The molecule has 1 heterocycles. The number of methoxy groups -OCH3 is 1. The second kappa shape index (κ2) is 11.5. The van der Waals surface area contributed by atoms with Gasteiger partial charge in [0.25, 0.3) is 5.69 Å². The second-order valence-electron chi connectivity index (χ2n) is 8.17. The molecule has 2 rings (SSSR count). The molecule has 1 aromatic rings. The molecule has 0 aromatic heterocycles. The fourth-order valence-electron chi connectivity index (χ4n) is 4.08. The first-order chi connectivity index (χ1) is 16.1. The Bertz CT molecular complexity index is 1030. The summed E-state index contributed by atoms with van der Waals surface area (Å²) < 4.78 is 10.1. The molecular weight excluding hydrogens is 442 g/mol. The predicted octanol–water partition coefficient (Wildman–Crippen LogP) is 3.31. The summed E-state index contributed by atoms with van der Waals surface area (Å²) >= 11 is 0. The number of nitrogens with one attached hydrogen (secondary N) is 1. The number of benzene rings is 1. The SMILES string of the molecule is CCOC(=O)C(NC(=O)C1=C(C)N=C(C)C(C(=O)OC)C1c1cccc([N+](=O)[O-])c1)C(C)CC. The van der Waals surface area contributed by atoms with Crippen LogP contribution in [0.15, 0.2) is 40.5 Å². The highest BCUT2D eigenvalue weighted by atomic mass is 16.6. The van der Waals surface area contributed by atoms with Crippen molar-refractivity contribution in [3.63, 3.8) is 0 Å². The third-order valence-electron chi connectivity index (χ3n) is 6.01. The topological polar surface area (TPSA) is 137 Å². The van der Waals surface area contributed by atoms with Gasteiger partial charge in [-0.05, 0) is 32.3 Å². The summed E-state index contributed by atoms with van der Waals surface area (Å²) in [5.41, 5.74) is 1.11.